The minimum Gasteiger partial charge on any atom is -0.381 e. The van der Waals surface area contributed by atoms with Gasteiger partial charge in [-0.2, -0.15) is 0 Å². The Hall–Kier alpha value is -0.610. The predicted molar refractivity (Wildman–Crippen MR) is 52.9 cm³/mol. The van der Waals surface area contributed by atoms with E-state index in [9.17, 15) is 9.90 Å². The van der Waals surface area contributed by atoms with Crippen LogP contribution in [-0.2, 0) is 9.53 Å². The average molecular weight is 201 g/mol. The van der Waals surface area contributed by atoms with Crippen LogP contribution in [-0.4, -0.2) is 35.4 Å². The zero-order valence-electron chi connectivity index (χ0n) is 9.04. The van der Waals surface area contributed by atoms with Crippen LogP contribution < -0.4 is 5.32 Å². The van der Waals surface area contributed by atoms with Gasteiger partial charge in [-0.25, -0.2) is 0 Å². The Morgan fingerprint density at radius 1 is 1.57 bits per heavy atom. The lowest BCUT2D eigenvalue weighted by molar-refractivity contribution is -0.137. The zero-order chi connectivity index (χ0) is 10.8. The molecule has 0 radical (unpaired) electrons. The van der Waals surface area contributed by atoms with Crippen molar-refractivity contribution in [3.63, 3.8) is 0 Å². The third-order valence-corrected chi connectivity index (χ3v) is 2.37. The van der Waals surface area contributed by atoms with E-state index in [0.717, 1.165) is 12.8 Å². The molecule has 82 valence electrons. The number of carbonyl (C=O) groups excluding carboxylic acids is 1. The standard InChI is InChI=1S/C10H19NO3/c1-7-4-5-8(14-7)6-11-9(12)10(2,3)13/h7-8,13H,4-6H2,1-3H3,(H,11,12). The van der Waals surface area contributed by atoms with Gasteiger partial charge in [-0.3, -0.25) is 4.79 Å². The molecule has 0 bridgehead atoms. The highest BCUT2D eigenvalue weighted by Gasteiger charge is 2.26. The van der Waals surface area contributed by atoms with Gasteiger partial charge in [0.15, 0.2) is 0 Å². The summed E-state index contributed by atoms with van der Waals surface area (Å²) in [5.74, 6) is -0.347. The number of ether oxygens (including phenoxy) is 1. The summed E-state index contributed by atoms with van der Waals surface area (Å²) in [6, 6.07) is 0. The summed E-state index contributed by atoms with van der Waals surface area (Å²) in [6.07, 6.45) is 2.42. The maximum absolute atomic E-state index is 11.3. The van der Waals surface area contributed by atoms with E-state index in [-0.39, 0.29) is 12.0 Å². The Balaban J connectivity index is 2.24. The van der Waals surface area contributed by atoms with E-state index in [1.54, 1.807) is 0 Å². The predicted octanol–water partition coefficient (Wildman–Crippen LogP) is 0.441. The molecule has 0 aliphatic carbocycles. The van der Waals surface area contributed by atoms with Crippen molar-refractivity contribution in [3.05, 3.63) is 0 Å². The molecular formula is C10H19NO3. The van der Waals surface area contributed by atoms with Gasteiger partial charge in [-0.15, -0.1) is 0 Å². The molecule has 0 saturated carbocycles. The SMILES string of the molecule is CC1CCC(CNC(=O)C(C)(C)O)O1. The Morgan fingerprint density at radius 2 is 2.21 bits per heavy atom. The number of aliphatic hydroxyl groups is 1. The van der Waals surface area contributed by atoms with Crippen molar-refractivity contribution in [1.29, 1.82) is 0 Å². The maximum atomic E-state index is 11.3. The first kappa shape index (κ1) is 11.5. The van der Waals surface area contributed by atoms with Gasteiger partial charge in [0.05, 0.1) is 12.2 Å². The molecule has 14 heavy (non-hydrogen) atoms. The molecule has 1 fully saturated rings. The second-order valence-corrected chi connectivity index (χ2v) is 4.42. The van der Waals surface area contributed by atoms with Crippen LogP contribution >= 0.6 is 0 Å². The normalized spacial score (nSPS) is 27.7. The fourth-order valence-electron chi connectivity index (χ4n) is 1.46. The van der Waals surface area contributed by atoms with Gasteiger partial charge in [-0.1, -0.05) is 0 Å². The molecule has 2 N–H and O–H groups in total. The summed E-state index contributed by atoms with van der Waals surface area (Å²) in [4.78, 5) is 11.3. The Labute approximate surface area is 84.6 Å². The Kier molecular flexibility index (Phi) is 3.50. The first-order valence-electron chi connectivity index (χ1n) is 5.05. The molecule has 4 heteroatoms. The van der Waals surface area contributed by atoms with E-state index in [1.165, 1.54) is 13.8 Å². The third kappa shape index (κ3) is 3.27. The van der Waals surface area contributed by atoms with Crippen molar-refractivity contribution in [2.75, 3.05) is 6.54 Å². The van der Waals surface area contributed by atoms with E-state index in [1.807, 2.05) is 6.92 Å². The molecule has 1 heterocycles. The molecule has 2 unspecified atom stereocenters. The first-order chi connectivity index (χ1) is 6.39. The van der Waals surface area contributed by atoms with Crippen LogP contribution in [0.3, 0.4) is 0 Å². The van der Waals surface area contributed by atoms with Crippen molar-refractivity contribution < 1.29 is 14.6 Å². The molecule has 4 nitrogen and oxygen atoms in total. The lowest BCUT2D eigenvalue weighted by Gasteiger charge is -2.18. The second-order valence-electron chi connectivity index (χ2n) is 4.42. The van der Waals surface area contributed by atoms with Crippen LogP contribution in [0.4, 0.5) is 0 Å². The summed E-state index contributed by atoms with van der Waals surface area (Å²) in [6.45, 7) is 5.46. The van der Waals surface area contributed by atoms with Crippen LogP contribution in [0.5, 0.6) is 0 Å². The summed E-state index contributed by atoms with van der Waals surface area (Å²) in [7, 11) is 0. The van der Waals surface area contributed by atoms with Gasteiger partial charge in [-0.05, 0) is 33.6 Å². The molecule has 1 aliphatic heterocycles. The fourth-order valence-corrected chi connectivity index (χ4v) is 1.46. The first-order valence-corrected chi connectivity index (χ1v) is 5.05. The van der Waals surface area contributed by atoms with Crippen LogP contribution in [0, 0.1) is 0 Å². The van der Waals surface area contributed by atoms with Crippen LogP contribution in [0.2, 0.25) is 0 Å². The largest absolute Gasteiger partial charge is 0.381 e. The van der Waals surface area contributed by atoms with E-state index in [0.29, 0.717) is 12.6 Å². The van der Waals surface area contributed by atoms with E-state index >= 15 is 0 Å². The van der Waals surface area contributed by atoms with Crippen molar-refractivity contribution in [2.45, 2.75) is 51.4 Å². The topological polar surface area (TPSA) is 58.6 Å². The zero-order valence-corrected chi connectivity index (χ0v) is 9.04. The van der Waals surface area contributed by atoms with Gasteiger partial charge in [0, 0.05) is 6.54 Å². The van der Waals surface area contributed by atoms with E-state index in [4.69, 9.17) is 4.74 Å². The summed E-state index contributed by atoms with van der Waals surface area (Å²) in [5.41, 5.74) is -1.30. The maximum Gasteiger partial charge on any atom is 0.251 e. The van der Waals surface area contributed by atoms with Crippen molar-refractivity contribution in [2.24, 2.45) is 0 Å². The molecule has 1 rings (SSSR count). The average Bonchev–Trinajstić information content (AvgIpc) is 2.45. The summed E-state index contributed by atoms with van der Waals surface area (Å²) in [5, 5.41) is 12.0. The molecule has 1 saturated heterocycles. The number of carbonyl (C=O) groups is 1. The molecule has 0 aromatic heterocycles. The molecule has 1 amide bonds. The minimum absolute atomic E-state index is 0.108. The summed E-state index contributed by atoms with van der Waals surface area (Å²) >= 11 is 0. The van der Waals surface area contributed by atoms with E-state index in [2.05, 4.69) is 5.32 Å². The number of rotatable bonds is 3. The second kappa shape index (κ2) is 4.28. The Morgan fingerprint density at radius 3 is 2.64 bits per heavy atom. The highest BCUT2D eigenvalue weighted by Crippen LogP contribution is 2.18. The lowest BCUT2D eigenvalue weighted by Crippen LogP contribution is -2.44. The van der Waals surface area contributed by atoms with Gasteiger partial charge in [0.1, 0.15) is 5.60 Å². The molecule has 0 aromatic carbocycles. The van der Waals surface area contributed by atoms with Gasteiger partial charge < -0.3 is 15.2 Å². The molecule has 2 atom stereocenters. The quantitative estimate of drug-likeness (QED) is 0.696. The fraction of sp³-hybridized carbons (Fsp3) is 0.900. The lowest BCUT2D eigenvalue weighted by atomic mass is 10.1. The van der Waals surface area contributed by atoms with Gasteiger partial charge in [0.25, 0.3) is 5.91 Å². The number of hydrogen-bond acceptors (Lipinski definition) is 3. The summed E-state index contributed by atoms with van der Waals surface area (Å²) < 4.78 is 5.53. The molecule has 1 aliphatic rings. The van der Waals surface area contributed by atoms with Crippen molar-refractivity contribution in [1.82, 2.24) is 5.32 Å². The van der Waals surface area contributed by atoms with Crippen LogP contribution in [0.15, 0.2) is 0 Å². The third-order valence-electron chi connectivity index (χ3n) is 2.37. The van der Waals surface area contributed by atoms with Crippen molar-refractivity contribution >= 4 is 5.91 Å². The van der Waals surface area contributed by atoms with Gasteiger partial charge >= 0.3 is 0 Å². The van der Waals surface area contributed by atoms with Gasteiger partial charge in [0.2, 0.25) is 0 Å². The number of hydrogen-bond donors (Lipinski definition) is 2. The molecular weight excluding hydrogens is 182 g/mol. The Bertz CT molecular complexity index is 210. The highest BCUT2D eigenvalue weighted by atomic mass is 16.5. The molecule has 0 aromatic rings. The van der Waals surface area contributed by atoms with Crippen LogP contribution in [0.1, 0.15) is 33.6 Å². The molecule has 0 spiro atoms. The number of nitrogens with one attached hydrogen (secondary N) is 1. The highest BCUT2D eigenvalue weighted by molar-refractivity contribution is 5.83. The van der Waals surface area contributed by atoms with E-state index < -0.39 is 5.60 Å². The minimum atomic E-state index is -1.30. The van der Waals surface area contributed by atoms with Crippen molar-refractivity contribution in [3.8, 4) is 0 Å². The van der Waals surface area contributed by atoms with Crippen LogP contribution in [0.25, 0.3) is 0 Å². The number of amides is 1. The smallest absolute Gasteiger partial charge is 0.251 e. The monoisotopic (exact) mass is 201 g/mol.